The number of hydrogen-bond acceptors (Lipinski definition) is 2. The van der Waals surface area contributed by atoms with Crippen LogP contribution in [0.25, 0.3) is 0 Å². The van der Waals surface area contributed by atoms with Crippen LogP contribution in [0.5, 0.6) is 0 Å². The Hall–Kier alpha value is 0.130. The van der Waals surface area contributed by atoms with Gasteiger partial charge in [-0.25, -0.2) is 0 Å². The van der Waals surface area contributed by atoms with Gasteiger partial charge < -0.3 is 0 Å². The van der Waals surface area contributed by atoms with E-state index in [1.807, 2.05) is 30.3 Å². The molecule has 5 heteroatoms. The van der Waals surface area contributed by atoms with Gasteiger partial charge in [0.2, 0.25) is 0 Å². The molecule has 128 valence electrons. The van der Waals surface area contributed by atoms with Gasteiger partial charge in [0.05, 0.1) is 5.75 Å². The van der Waals surface area contributed by atoms with E-state index in [0.29, 0.717) is 6.42 Å². The molecule has 0 bridgehead atoms. The first-order valence-corrected chi connectivity index (χ1v) is 10.0. The monoisotopic (exact) mass is 350 g/mol. The average molecular weight is 350 g/mol. The van der Waals surface area contributed by atoms with Crippen LogP contribution in [0.3, 0.4) is 0 Å². The third-order valence-electron chi connectivity index (χ3n) is 3.36. The maximum absolute atomic E-state index is 10.4. The zero-order valence-electron chi connectivity index (χ0n) is 14.8. The van der Waals surface area contributed by atoms with E-state index in [1.165, 1.54) is 44.9 Å². The van der Waals surface area contributed by atoms with Crippen molar-refractivity contribution in [1.82, 2.24) is 0 Å². The zero-order chi connectivity index (χ0) is 16.5. The van der Waals surface area contributed by atoms with Crippen LogP contribution in [0, 0.1) is 6.07 Å². The van der Waals surface area contributed by atoms with E-state index in [9.17, 15) is 8.42 Å². The van der Waals surface area contributed by atoms with E-state index >= 15 is 0 Å². The first kappa shape index (κ1) is 25.4. The molecule has 0 atom stereocenters. The Kier molecular flexibility index (Phi) is 20.4. The van der Waals surface area contributed by atoms with E-state index in [0.717, 1.165) is 12.8 Å². The van der Waals surface area contributed by atoms with Gasteiger partial charge in [-0.2, -0.15) is 44.8 Å². The van der Waals surface area contributed by atoms with E-state index in [2.05, 4.69) is 13.0 Å². The first-order valence-electron chi connectivity index (χ1n) is 8.42. The Balaban J connectivity index is 0. The second-order valence-corrected chi connectivity index (χ2v) is 7.12. The summed E-state index contributed by atoms with van der Waals surface area (Å²) >= 11 is 0. The third kappa shape index (κ3) is 24.5. The molecule has 0 heterocycles. The van der Waals surface area contributed by atoms with Crippen molar-refractivity contribution in [3.05, 3.63) is 36.4 Å². The summed E-state index contributed by atoms with van der Waals surface area (Å²) in [5.41, 5.74) is 0. The quantitative estimate of drug-likeness (QED) is 0.288. The van der Waals surface area contributed by atoms with Crippen LogP contribution in [0.4, 0.5) is 0 Å². The molecular weight excluding hydrogens is 319 g/mol. The molecule has 3 nitrogen and oxygen atoms in total. The van der Waals surface area contributed by atoms with Crippen LogP contribution in [0.15, 0.2) is 30.3 Å². The van der Waals surface area contributed by atoms with Crippen LogP contribution in [0.2, 0.25) is 0 Å². The second kappa shape index (κ2) is 18.5. The number of hydrogen-bond donors (Lipinski definition) is 1. The Morgan fingerprint density at radius 1 is 0.783 bits per heavy atom. The van der Waals surface area contributed by atoms with Crippen molar-refractivity contribution in [3.63, 3.8) is 0 Å². The van der Waals surface area contributed by atoms with E-state index < -0.39 is 10.1 Å². The molecule has 0 aliphatic carbocycles. The van der Waals surface area contributed by atoms with Crippen molar-refractivity contribution < 1.29 is 42.5 Å². The molecule has 0 spiro atoms. The topological polar surface area (TPSA) is 54.4 Å². The Bertz CT molecular complexity index is 394. The summed E-state index contributed by atoms with van der Waals surface area (Å²) in [6.07, 6.45) is 11.7. The van der Waals surface area contributed by atoms with Crippen molar-refractivity contribution >= 4 is 10.1 Å². The van der Waals surface area contributed by atoms with E-state index in [-0.39, 0.29) is 35.3 Å². The molecule has 0 saturated heterocycles. The van der Waals surface area contributed by atoms with Gasteiger partial charge in [-0.3, -0.25) is 4.55 Å². The van der Waals surface area contributed by atoms with Crippen molar-refractivity contribution in [3.8, 4) is 0 Å². The van der Waals surface area contributed by atoms with Crippen molar-refractivity contribution in [2.75, 3.05) is 5.75 Å². The molecule has 0 aromatic heterocycles. The van der Waals surface area contributed by atoms with Gasteiger partial charge in [0.15, 0.2) is 0 Å². The molecule has 0 unspecified atom stereocenters. The number of benzene rings is 1. The van der Waals surface area contributed by atoms with Gasteiger partial charge >= 0.3 is 29.6 Å². The summed E-state index contributed by atoms with van der Waals surface area (Å²) < 4.78 is 29.4. The molecule has 23 heavy (non-hydrogen) atoms. The van der Waals surface area contributed by atoms with Crippen molar-refractivity contribution in [2.24, 2.45) is 0 Å². The van der Waals surface area contributed by atoms with Gasteiger partial charge in [-0.05, 0) is 6.42 Å². The molecule has 1 aromatic rings. The van der Waals surface area contributed by atoms with Crippen molar-refractivity contribution in [2.45, 2.75) is 71.1 Å². The first-order chi connectivity index (χ1) is 10.6. The van der Waals surface area contributed by atoms with Crippen LogP contribution in [-0.4, -0.2) is 18.7 Å². The fourth-order valence-corrected chi connectivity index (χ4v) is 2.68. The number of unbranched alkanes of at least 4 members (excludes halogenated alkanes) is 9. The molecule has 0 radical (unpaired) electrons. The van der Waals surface area contributed by atoms with Crippen LogP contribution in [0.1, 0.15) is 71.1 Å². The smallest absolute Gasteiger partial charge is 0.286 e. The minimum absolute atomic E-state index is 0. The van der Waals surface area contributed by atoms with Crippen LogP contribution >= 0.6 is 0 Å². The molecule has 0 amide bonds. The van der Waals surface area contributed by atoms with E-state index in [4.69, 9.17) is 4.55 Å². The Morgan fingerprint density at radius 3 is 1.52 bits per heavy atom. The summed E-state index contributed by atoms with van der Waals surface area (Å²) in [6, 6.07) is 12.5. The summed E-state index contributed by atoms with van der Waals surface area (Å²) in [5.74, 6) is -0.0799. The summed E-state index contributed by atoms with van der Waals surface area (Å²) in [4.78, 5) is 0. The maximum Gasteiger partial charge on any atom is 1.00 e. The average Bonchev–Trinajstić information content (AvgIpc) is 2.50. The minimum atomic E-state index is -3.73. The summed E-state index contributed by atoms with van der Waals surface area (Å²) in [7, 11) is -3.73. The molecule has 0 aliphatic heterocycles. The summed E-state index contributed by atoms with van der Waals surface area (Å²) in [5, 5.41) is 0. The molecule has 0 aliphatic rings. The molecule has 1 aromatic carbocycles. The molecule has 0 saturated carbocycles. The molecule has 1 rings (SSSR count). The zero-order valence-corrected chi connectivity index (χ0v) is 17.7. The predicted molar refractivity (Wildman–Crippen MR) is 93.5 cm³/mol. The standard InChI is InChI=1S/C12H26O3S.C6H5.Na/c1-2-3-4-5-6-7-8-9-10-11-12-16(13,14)15;1-2-4-6-5-3-1;/h2-12H2,1H3,(H,13,14,15);1-5H;/q;-1;+1. The fraction of sp³-hybridized carbons (Fsp3) is 0.667. The fourth-order valence-electron chi connectivity index (χ4n) is 2.11. The minimum Gasteiger partial charge on any atom is -0.286 e. The van der Waals surface area contributed by atoms with Gasteiger partial charge in [0, 0.05) is 0 Å². The van der Waals surface area contributed by atoms with E-state index in [1.54, 1.807) is 0 Å². The third-order valence-corrected chi connectivity index (χ3v) is 4.17. The van der Waals surface area contributed by atoms with Gasteiger partial charge in [0.25, 0.3) is 10.1 Å². The SMILES string of the molecule is CCCCCCCCCCCCS(=O)(=O)O.[Na+].[c-]1ccccc1. The van der Waals surface area contributed by atoms with Gasteiger partial charge in [-0.15, -0.1) is 0 Å². The second-order valence-electron chi connectivity index (χ2n) is 5.55. The maximum atomic E-state index is 10.4. The van der Waals surface area contributed by atoms with Crippen LogP contribution in [-0.2, 0) is 10.1 Å². The normalized spacial score (nSPS) is 10.3. The Morgan fingerprint density at radius 2 is 1.22 bits per heavy atom. The van der Waals surface area contributed by atoms with Crippen LogP contribution < -0.4 is 29.6 Å². The molecular formula is C18H31NaO3S. The predicted octanol–water partition coefficient (Wildman–Crippen LogP) is 2.29. The molecule has 1 N–H and O–H groups in total. The van der Waals surface area contributed by atoms with Crippen molar-refractivity contribution in [1.29, 1.82) is 0 Å². The Labute approximate surface area is 165 Å². The van der Waals surface area contributed by atoms with Gasteiger partial charge in [-0.1, -0.05) is 64.7 Å². The molecule has 0 fully saturated rings. The largest absolute Gasteiger partial charge is 1.00 e. The number of rotatable bonds is 11. The van der Waals surface area contributed by atoms with Gasteiger partial charge in [0.1, 0.15) is 0 Å². The summed E-state index contributed by atoms with van der Waals surface area (Å²) in [6.45, 7) is 2.22.